The van der Waals surface area contributed by atoms with E-state index in [2.05, 4.69) is 11.6 Å². The summed E-state index contributed by atoms with van der Waals surface area (Å²) in [6, 6.07) is 12.4. The molecular formula is C20H24N2O3S2. The fraction of sp³-hybridized carbons (Fsp3) is 0.350. The Morgan fingerprint density at radius 1 is 1.07 bits per heavy atom. The Kier molecular flexibility index (Phi) is 5.55. The van der Waals surface area contributed by atoms with Crippen LogP contribution in [0.4, 0.5) is 0 Å². The summed E-state index contributed by atoms with van der Waals surface area (Å²) in [5, 5.41) is 0. The highest BCUT2D eigenvalue weighted by Gasteiger charge is 2.20. The maximum absolute atomic E-state index is 12.8. The largest absolute Gasteiger partial charge is 0.308 e. The molecule has 0 aliphatic carbocycles. The molecule has 0 saturated carbocycles. The van der Waals surface area contributed by atoms with Gasteiger partial charge in [-0.25, -0.2) is 13.1 Å². The molecule has 0 unspecified atom stereocenters. The van der Waals surface area contributed by atoms with Crippen LogP contribution in [0.15, 0.2) is 52.2 Å². The average molecular weight is 405 g/mol. The predicted molar refractivity (Wildman–Crippen MR) is 111 cm³/mol. The monoisotopic (exact) mass is 404 g/mol. The third kappa shape index (κ3) is 4.00. The minimum Gasteiger partial charge on any atom is -0.296 e. The molecule has 3 rings (SSSR count). The topological polar surface area (TPSA) is 68.2 Å². The van der Waals surface area contributed by atoms with Crippen LogP contribution in [0.5, 0.6) is 0 Å². The number of rotatable bonds is 6. The molecule has 0 spiro atoms. The first-order valence-corrected chi connectivity index (χ1v) is 11.3. The molecule has 144 valence electrons. The third-order valence-electron chi connectivity index (χ3n) is 4.63. The van der Waals surface area contributed by atoms with Crippen LogP contribution in [0.2, 0.25) is 0 Å². The first-order valence-electron chi connectivity index (χ1n) is 8.99. The van der Waals surface area contributed by atoms with Gasteiger partial charge in [-0.05, 0) is 56.5 Å². The summed E-state index contributed by atoms with van der Waals surface area (Å²) < 4.78 is 30.7. The second-order valence-electron chi connectivity index (χ2n) is 6.90. The third-order valence-corrected chi connectivity index (χ3v) is 7.09. The number of hydrogen-bond donors (Lipinski definition) is 1. The van der Waals surface area contributed by atoms with E-state index in [0.29, 0.717) is 4.70 Å². The van der Waals surface area contributed by atoms with Crippen molar-refractivity contribution < 1.29 is 8.42 Å². The predicted octanol–water partition coefficient (Wildman–Crippen LogP) is 4.25. The Bertz CT molecular complexity index is 1110. The van der Waals surface area contributed by atoms with Gasteiger partial charge in [-0.15, -0.1) is 0 Å². The van der Waals surface area contributed by atoms with E-state index in [1.54, 1.807) is 22.8 Å². The number of aromatic nitrogens is 1. The van der Waals surface area contributed by atoms with Gasteiger partial charge in [0.05, 0.1) is 15.1 Å². The van der Waals surface area contributed by atoms with Gasteiger partial charge in [-0.2, -0.15) is 0 Å². The number of aryl methyl sites for hydroxylation is 1. The van der Waals surface area contributed by atoms with Crippen molar-refractivity contribution in [3.05, 3.63) is 63.3 Å². The lowest BCUT2D eigenvalue weighted by atomic mass is 10.1. The highest BCUT2D eigenvalue weighted by Crippen LogP contribution is 2.25. The van der Waals surface area contributed by atoms with Crippen molar-refractivity contribution in [2.75, 3.05) is 0 Å². The number of fused-ring (bicyclic) bond motifs is 1. The SMILES string of the molecule is CCc1ccc([C@@H](C)NS(=O)(=O)c2ccc3c(c2)sc(=O)n3C(C)C)cc1. The van der Waals surface area contributed by atoms with Gasteiger partial charge >= 0.3 is 4.87 Å². The first-order chi connectivity index (χ1) is 12.7. The Hall–Kier alpha value is -1.96. The Balaban J connectivity index is 1.90. The molecule has 0 radical (unpaired) electrons. The Labute approximate surface area is 163 Å². The van der Waals surface area contributed by atoms with Crippen LogP contribution in [0, 0.1) is 0 Å². The van der Waals surface area contributed by atoms with Crippen LogP contribution < -0.4 is 9.60 Å². The van der Waals surface area contributed by atoms with E-state index in [4.69, 9.17) is 0 Å². The molecule has 1 atom stereocenters. The number of thiazole rings is 1. The summed E-state index contributed by atoms with van der Waals surface area (Å²) in [6.07, 6.45) is 0.944. The number of sulfonamides is 1. The average Bonchev–Trinajstić information content (AvgIpc) is 2.96. The summed E-state index contributed by atoms with van der Waals surface area (Å²) in [7, 11) is -3.69. The fourth-order valence-electron chi connectivity index (χ4n) is 3.08. The molecule has 0 aliphatic rings. The van der Waals surface area contributed by atoms with Gasteiger partial charge < -0.3 is 0 Å². The van der Waals surface area contributed by atoms with Crippen molar-refractivity contribution in [3.63, 3.8) is 0 Å². The van der Waals surface area contributed by atoms with Crippen LogP contribution in [0.1, 0.15) is 50.9 Å². The Morgan fingerprint density at radius 3 is 2.33 bits per heavy atom. The maximum Gasteiger partial charge on any atom is 0.308 e. The minimum atomic E-state index is -3.69. The van der Waals surface area contributed by atoms with Crippen LogP contribution in [-0.4, -0.2) is 13.0 Å². The smallest absolute Gasteiger partial charge is 0.296 e. The molecular weight excluding hydrogens is 380 g/mol. The standard InChI is InChI=1S/C20H24N2O3S2/c1-5-15-6-8-16(9-7-15)14(4)21-27(24,25)17-10-11-18-19(12-17)26-20(23)22(18)13(2)3/h6-14,21H,5H2,1-4H3/t14-/m1/s1. The van der Waals surface area contributed by atoms with E-state index in [-0.39, 0.29) is 21.9 Å². The van der Waals surface area contributed by atoms with Crippen LogP contribution in [0.3, 0.4) is 0 Å². The molecule has 0 saturated heterocycles. The van der Waals surface area contributed by atoms with E-state index in [1.165, 1.54) is 5.56 Å². The number of benzene rings is 2. The van der Waals surface area contributed by atoms with Crippen molar-refractivity contribution in [3.8, 4) is 0 Å². The lowest BCUT2D eigenvalue weighted by Crippen LogP contribution is -2.26. The normalized spacial score (nSPS) is 13.4. The molecule has 1 N–H and O–H groups in total. The second-order valence-corrected chi connectivity index (χ2v) is 9.61. The van der Waals surface area contributed by atoms with Crippen LogP contribution in [0.25, 0.3) is 10.2 Å². The lowest BCUT2D eigenvalue weighted by Gasteiger charge is -2.15. The molecule has 2 aromatic carbocycles. The van der Waals surface area contributed by atoms with Crippen LogP contribution >= 0.6 is 11.3 Å². The molecule has 0 aliphatic heterocycles. The highest BCUT2D eigenvalue weighted by molar-refractivity contribution is 7.89. The summed E-state index contributed by atoms with van der Waals surface area (Å²) in [5.41, 5.74) is 2.89. The van der Waals surface area contributed by atoms with Gasteiger partial charge in [0.15, 0.2) is 0 Å². The highest BCUT2D eigenvalue weighted by atomic mass is 32.2. The summed E-state index contributed by atoms with van der Waals surface area (Å²) in [5.74, 6) is 0. The van der Waals surface area contributed by atoms with E-state index >= 15 is 0 Å². The van der Waals surface area contributed by atoms with Crippen molar-refractivity contribution in [1.82, 2.24) is 9.29 Å². The lowest BCUT2D eigenvalue weighted by molar-refractivity contribution is 0.567. The molecule has 3 aromatic rings. The molecule has 7 heteroatoms. The zero-order chi connectivity index (χ0) is 19.8. The van der Waals surface area contributed by atoms with Crippen molar-refractivity contribution >= 4 is 31.6 Å². The van der Waals surface area contributed by atoms with Gasteiger partial charge in [0, 0.05) is 12.1 Å². The fourth-order valence-corrected chi connectivity index (χ4v) is 5.47. The second kappa shape index (κ2) is 7.58. The molecule has 27 heavy (non-hydrogen) atoms. The minimum absolute atomic E-state index is 0.0259. The number of hydrogen-bond acceptors (Lipinski definition) is 4. The molecule has 1 heterocycles. The van der Waals surface area contributed by atoms with Crippen molar-refractivity contribution in [1.29, 1.82) is 0 Å². The van der Waals surface area contributed by atoms with E-state index < -0.39 is 10.0 Å². The summed E-state index contributed by atoms with van der Waals surface area (Å²) in [4.78, 5) is 12.3. The Morgan fingerprint density at radius 2 is 1.74 bits per heavy atom. The number of nitrogens with one attached hydrogen (secondary N) is 1. The van der Waals surface area contributed by atoms with Gasteiger partial charge in [0.1, 0.15) is 0 Å². The quantitative estimate of drug-likeness (QED) is 0.668. The van der Waals surface area contributed by atoms with Gasteiger partial charge in [-0.3, -0.25) is 9.36 Å². The summed E-state index contributed by atoms with van der Waals surface area (Å²) >= 11 is 1.07. The number of nitrogens with zero attached hydrogens (tertiary/aromatic N) is 1. The van der Waals surface area contributed by atoms with Crippen molar-refractivity contribution in [2.45, 2.75) is 51.1 Å². The molecule has 1 aromatic heterocycles. The van der Waals surface area contributed by atoms with Crippen LogP contribution in [-0.2, 0) is 16.4 Å². The van der Waals surface area contributed by atoms with E-state index in [0.717, 1.165) is 28.8 Å². The maximum atomic E-state index is 12.8. The first kappa shape index (κ1) is 19.8. The molecule has 0 fully saturated rings. The van der Waals surface area contributed by atoms with Crippen molar-refractivity contribution in [2.24, 2.45) is 0 Å². The van der Waals surface area contributed by atoms with Gasteiger partial charge in [-0.1, -0.05) is 42.5 Å². The van der Waals surface area contributed by atoms with Gasteiger partial charge in [0.2, 0.25) is 10.0 Å². The van der Waals surface area contributed by atoms with E-state index in [1.807, 2.05) is 45.0 Å². The summed E-state index contributed by atoms with van der Waals surface area (Å²) in [6.45, 7) is 7.78. The zero-order valence-electron chi connectivity index (χ0n) is 15.9. The molecule has 0 amide bonds. The molecule has 5 nitrogen and oxygen atoms in total. The molecule has 0 bridgehead atoms. The zero-order valence-corrected chi connectivity index (χ0v) is 17.5. The van der Waals surface area contributed by atoms with Gasteiger partial charge in [0.25, 0.3) is 0 Å². The van der Waals surface area contributed by atoms with E-state index in [9.17, 15) is 13.2 Å².